The van der Waals surface area contributed by atoms with Crippen molar-refractivity contribution in [1.29, 1.82) is 0 Å². The molecule has 0 aliphatic carbocycles. The maximum Gasteiger partial charge on any atom is 0.257 e. The number of aryl methyl sites for hydroxylation is 1. The van der Waals surface area contributed by atoms with Crippen molar-refractivity contribution in [2.45, 2.75) is 6.92 Å². The van der Waals surface area contributed by atoms with Gasteiger partial charge < -0.3 is 19.9 Å². The van der Waals surface area contributed by atoms with Crippen LogP contribution < -0.4 is 10.6 Å². The number of carbonyl (C=O) groups excluding carboxylic acids is 1. The molecule has 2 rings (SSSR count). The molecule has 0 unspecified atom stereocenters. The predicted molar refractivity (Wildman–Crippen MR) is 88.7 cm³/mol. The molecule has 0 bridgehead atoms. The standard InChI is InChI=1S/C16H19ClFN3O3/c1-10-13(16(22)20-7-6-19-8-9-23-2)15(21-24-10)14-11(17)4-3-5-12(14)18/h3-5,19H,6-9H2,1-2H3,(H,20,22). The minimum absolute atomic E-state index is 0.0550. The number of halogens is 2. The molecule has 0 spiro atoms. The summed E-state index contributed by atoms with van der Waals surface area (Å²) >= 11 is 6.05. The average Bonchev–Trinajstić information content (AvgIpc) is 2.92. The fourth-order valence-electron chi connectivity index (χ4n) is 2.19. The van der Waals surface area contributed by atoms with Gasteiger partial charge >= 0.3 is 0 Å². The van der Waals surface area contributed by atoms with E-state index in [4.69, 9.17) is 20.9 Å². The molecular formula is C16H19ClFN3O3. The predicted octanol–water partition coefficient (Wildman–Crippen LogP) is 2.41. The number of ether oxygens (including phenoxy) is 1. The van der Waals surface area contributed by atoms with Crippen molar-refractivity contribution in [2.75, 3.05) is 33.4 Å². The lowest BCUT2D eigenvalue weighted by molar-refractivity contribution is 0.0952. The largest absolute Gasteiger partial charge is 0.383 e. The van der Waals surface area contributed by atoms with Gasteiger partial charge in [0.2, 0.25) is 0 Å². The summed E-state index contributed by atoms with van der Waals surface area (Å²) < 4.78 is 24.1. The van der Waals surface area contributed by atoms with E-state index in [0.717, 1.165) is 0 Å². The fourth-order valence-corrected chi connectivity index (χ4v) is 2.44. The van der Waals surface area contributed by atoms with Crippen LogP contribution in [0.25, 0.3) is 11.3 Å². The van der Waals surface area contributed by atoms with Gasteiger partial charge in [-0.15, -0.1) is 0 Å². The third-order valence-electron chi connectivity index (χ3n) is 3.36. The Labute approximate surface area is 144 Å². The van der Waals surface area contributed by atoms with Crippen LogP contribution in [0.2, 0.25) is 5.02 Å². The second kappa shape index (κ2) is 8.77. The number of nitrogens with one attached hydrogen (secondary N) is 2. The summed E-state index contributed by atoms with van der Waals surface area (Å²) in [5.74, 6) is -0.656. The van der Waals surface area contributed by atoms with Crippen molar-refractivity contribution in [1.82, 2.24) is 15.8 Å². The number of amides is 1. The first kappa shape index (κ1) is 18.4. The molecule has 130 valence electrons. The molecule has 0 atom stereocenters. The minimum atomic E-state index is -0.564. The van der Waals surface area contributed by atoms with Crippen molar-refractivity contribution in [2.24, 2.45) is 0 Å². The van der Waals surface area contributed by atoms with E-state index < -0.39 is 11.7 Å². The van der Waals surface area contributed by atoms with E-state index in [2.05, 4.69) is 15.8 Å². The Hall–Kier alpha value is -1.96. The van der Waals surface area contributed by atoms with Gasteiger partial charge in [0.25, 0.3) is 5.91 Å². The van der Waals surface area contributed by atoms with Gasteiger partial charge in [-0.25, -0.2) is 4.39 Å². The van der Waals surface area contributed by atoms with Crippen LogP contribution in [-0.4, -0.2) is 44.4 Å². The van der Waals surface area contributed by atoms with Crippen LogP contribution in [0, 0.1) is 12.7 Å². The SMILES string of the molecule is COCCNCCNC(=O)c1c(-c2c(F)cccc2Cl)noc1C. The third-order valence-corrected chi connectivity index (χ3v) is 3.67. The molecule has 1 heterocycles. The molecule has 1 aromatic carbocycles. The number of aromatic nitrogens is 1. The second-order valence-electron chi connectivity index (χ2n) is 5.06. The molecule has 2 aromatic rings. The van der Waals surface area contributed by atoms with Gasteiger partial charge in [0.15, 0.2) is 0 Å². The average molecular weight is 356 g/mol. The summed E-state index contributed by atoms with van der Waals surface area (Å²) in [6.07, 6.45) is 0. The summed E-state index contributed by atoms with van der Waals surface area (Å²) in [7, 11) is 1.62. The first-order valence-corrected chi connectivity index (χ1v) is 7.82. The van der Waals surface area contributed by atoms with E-state index >= 15 is 0 Å². The summed E-state index contributed by atoms with van der Waals surface area (Å²) in [5, 5.41) is 9.82. The lowest BCUT2D eigenvalue weighted by Gasteiger charge is -2.08. The van der Waals surface area contributed by atoms with E-state index in [1.54, 1.807) is 14.0 Å². The molecule has 0 aliphatic rings. The molecular weight excluding hydrogens is 337 g/mol. The summed E-state index contributed by atoms with van der Waals surface area (Å²) in [4.78, 5) is 12.4. The van der Waals surface area contributed by atoms with E-state index in [-0.39, 0.29) is 21.8 Å². The van der Waals surface area contributed by atoms with Crippen molar-refractivity contribution in [3.05, 3.63) is 40.4 Å². The Bertz CT molecular complexity index is 686. The number of rotatable bonds is 8. The van der Waals surface area contributed by atoms with Crippen LogP contribution in [0.3, 0.4) is 0 Å². The number of methoxy groups -OCH3 is 1. The summed E-state index contributed by atoms with van der Waals surface area (Å²) in [6, 6.07) is 4.28. The van der Waals surface area contributed by atoms with Crippen LogP contribution in [0.4, 0.5) is 4.39 Å². The Kier molecular flexibility index (Phi) is 6.72. The van der Waals surface area contributed by atoms with Crippen molar-refractivity contribution < 1.29 is 18.4 Å². The van der Waals surface area contributed by atoms with Crippen molar-refractivity contribution >= 4 is 17.5 Å². The van der Waals surface area contributed by atoms with E-state index in [9.17, 15) is 9.18 Å². The van der Waals surface area contributed by atoms with Gasteiger partial charge in [-0.3, -0.25) is 4.79 Å². The lowest BCUT2D eigenvalue weighted by Crippen LogP contribution is -2.33. The molecule has 0 saturated heterocycles. The summed E-state index contributed by atoms with van der Waals surface area (Å²) in [6.45, 7) is 3.85. The Morgan fingerprint density at radius 2 is 2.17 bits per heavy atom. The van der Waals surface area contributed by atoms with E-state index in [1.807, 2.05) is 0 Å². The first-order chi connectivity index (χ1) is 11.6. The number of hydrogen-bond acceptors (Lipinski definition) is 5. The van der Waals surface area contributed by atoms with Crippen molar-refractivity contribution in [3.63, 3.8) is 0 Å². The van der Waals surface area contributed by atoms with Gasteiger partial charge in [0.1, 0.15) is 22.8 Å². The molecule has 2 N–H and O–H groups in total. The van der Waals surface area contributed by atoms with Crippen molar-refractivity contribution in [3.8, 4) is 11.3 Å². The van der Waals surface area contributed by atoms with Crippen LogP contribution in [0.15, 0.2) is 22.7 Å². The molecule has 0 fully saturated rings. The maximum absolute atomic E-state index is 14.1. The Morgan fingerprint density at radius 1 is 1.38 bits per heavy atom. The highest BCUT2D eigenvalue weighted by Crippen LogP contribution is 2.33. The van der Waals surface area contributed by atoms with E-state index in [1.165, 1.54) is 18.2 Å². The van der Waals surface area contributed by atoms with Gasteiger partial charge in [0.05, 0.1) is 17.2 Å². The van der Waals surface area contributed by atoms with Gasteiger partial charge in [0, 0.05) is 26.7 Å². The van der Waals surface area contributed by atoms with Crippen LogP contribution >= 0.6 is 11.6 Å². The zero-order valence-electron chi connectivity index (χ0n) is 13.5. The smallest absolute Gasteiger partial charge is 0.257 e. The highest BCUT2D eigenvalue weighted by molar-refractivity contribution is 6.33. The Balaban J connectivity index is 2.11. The highest BCUT2D eigenvalue weighted by Gasteiger charge is 2.25. The number of benzene rings is 1. The molecule has 0 aliphatic heterocycles. The number of nitrogens with zero attached hydrogens (tertiary/aromatic N) is 1. The Morgan fingerprint density at radius 3 is 2.88 bits per heavy atom. The second-order valence-corrected chi connectivity index (χ2v) is 5.46. The maximum atomic E-state index is 14.1. The molecule has 1 amide bonds. The third kappa shape index (κ3) is 4.31. The topological polar surface area (TPSA) is 76.4 Å². The summed E-state index contributed by atoms with van der Waals surface area (Å²) in [5.41, 5.74) is 0.332. The molecule has 8 heteroatoms. The van der Waals surface area contributed by atoms with Crippen LogP contribution in [0.1, 0.15) is 16.1 Å². The zero-order chi connectivity index (χ0) is 17.5. The molecule has 1 aromatic heterocycles. The molecule has 6 nitrogen and oxygen atoms in total. The normalized spacial score (nSPS) is 10.8. The van der Waals surface area contributed by atoms with Gasteiger partial charge in [-0.05, 0) is 19.1 Å². The molecule has 0 saturated carbocycles. The monoisotopic (exact) mass is 355 g/mol. The van der Waals surface area contributed by atoms with Crippen LogP contribution in [-0.2, 0) is 4.74 Å². The van der Waals surface area contributed by atoms with Crippen LogP contribution in [0.5, 0.6) is 0 Å². The van der Waals surface area contributed by atoms with Gasteiger partial charge in [-0.1, -0.05) is 22.8 Å². The zero-order valence-corrected chi connectivity index (χ0v) is 14.2. The van der Waals surface area contributed by atoms with E-state index in [0.29, 0.717) is 32.0 Å². The quantitative estimate of drug-likeness (QED) is 0.711. The fraction of sp³-hybridized carbons (Fsp3) is 0.375. The van der Waals surface area contributed by atoms with Gasteiger partial charge in [-0.2, -0.15) is 0 Å². The number of carbonyl (C=O) groups is 1. The highest BCUT2D eigenvalue weighted by atomic mass is 35.5. The number of hydrogen-bond donors (Lipinski definition) is 2. The first-order valence-electron chi connectivity index (χ1n) is 7.44. The molecule has 24 heavy (non-hydrogen) atoms. The minimum Gasteiger partial charge on any atom is -0.383 e. The lowest BCUT2D eigenvalue weighted by atomic mass is 10.0. The molecule has 0 radical (unpaired) electrons.